The van der Waals surface area contributed by atoms with Crippen molar-refractivity contribution < 1.29 is 5.11 Å². The van der Waals surface area contributed by atoms with Gasteiger partial charge in [-0.25, -0.2) is 4.98 Å². The summed E-state index contributed by atoms with van der Waals surface area (Å²) in [6.45, 7) is 5.40. The molecule has 25 heavy (non-hydrogen) atoms. The first-order valence-corrected chi connectivity index (χ1v) is 8.80. The minimum absolute atomic E-state index is 0.154. The minimum atomic E-state index is 0.154. The van der Waals surface area contributed by atoms with E-state index < -0.39 is 0 Å². The summed E-state index contributed by atoms with van der Waals surface area (Å²) < 4.78 is 2.11. The number of hydrogen-bond donors (Lipinski definition) is 1. The Morgan fingerprint density at radius 2 is 1.92 bits per heavy atom. The van der Waals surface area contributed by atoms with Crippen molar-refractivity contribution >= 4 is 5.82 Å². The zero-order valence-electron chi connectivity index (χ0n) is 15.3. The molecule has 0 saturated carbocycles. The summed E-state index contributed by atoms with van der Waals surface area (Å²) in [6, 6.07) is 0. The second kappa shape index (κ2) is 7.88. The third kappa shape index (κ3) is 3.96. The van der Waals surface area contributed by atoms with Crippen LogP contribution in [0.15, 0.2) is 12.4 Å². The first-order valence-electron chi connectivity index (χ1n) is 8.80. The standard InChI is InChI=1S/C17H27N7O/c1-13-16(19-7-6-18-13)24-8-4-14(5-9-24)17-21-20-15(23(17)3)12-22(2)10-11-25/h6-7,14,25H,4-5,8-12H2,1-3H3. The largest absolute Gasteiger partial charge is 0.395 e. The third-order valence-electron chi connectivity index (χ3n) is 4.91. The van der Waals surface area contributed by atoms with Gasteiger partial charge in [-0.3, -0.25) is 9.88 Å². The van der Waals surface area contributed by atoms with Gasteiger partial charge < -0.3 is 14.6 Å². The fraction of sp³-hybridized carbons (Fsp3) is 0.647. The molecule has 1 fully saturated rings. The van der Waals surface area contributed by atoms with Crippen LogP contribution in [0.2, 0.25) is 0 Å². The Balaban J connectivity index is 1.63. The predicted octanol–water partition coefficient (Wildman–Crippen LogP) is 0.722. The van der Waals surface area contributed by atoms with Gasteiger partial charge in [0.25, 0.3) is 0 Å². The molecule has 1 N–H and O–H groups in total. The number of aryl methyl sites for hydroxylation is 1. The van der Waals surface area contributed by atoms with Gasteiger partial charge in [0.05, 0.1) is 18.8 Å². The number of piperidine rings is 1. The summed E-state index contributed by atoms with van der Waals surface area (Å²) in [5, 5.41) is 17.8. The smallest absolute Gasteiger partial charge is 0.150 e. The van der Waals surface area contributed by atoms with Gasteiger partial charge in [-0.1, -0.05) is 0 Å². The molecule has 2 aromatic heterocycles. The Morgan fingerprint density at radius 1 is 1.20 bits per heavy atom. The van der Waals surface area contributed by atoms with E-state index in [9.17, 15) is 0 Å². The Labute approximate surface area is 148 Å². The molecule has 8 heteroatoms. The van der Waals surface area contributed by atoms with E-state index in [1.165, 1.54) is 0 Å². The van der Waals surface area contributed by atoms with Gasteiger partial charge in [-0.2, -0.15) is 0 Å². The lowest BCUT2D eigenvalue weighted by molar-refractivity contribution is 0.213. The van der Waals surface area contributed by atoms with Gasteiger partial charge in [0.15, 0.2) is 0 Å². The summed E-state index contributed by atoms with van der Waals surface area (Å²) in [5.74, 6) is 3.41. The van der Waals surface area contributed by atoms with E-state index in [1.807, 2.05) is 25.9 Å². The number of anilines is 1. The zero-order valence-corrected chi connectivity index (χ0v) is 15.3. The number of aromatic nitrogens is 5. The topological polar surface area (TPSA) is 83.2 Å². The molecule has 0 aliphatic carbocycles. The van der Waals surface area contributed by atoms with Gasteiger partial charge in [0.1, 0.15) is 17.5 Å². The molecule has 0 bridgehead atoms. The highest BCUT2D eigenvalue weighted by Gasteiger charge is 2.26. The minimum Gasteiger partial charge on any atom is -0.395 e. The van der Waals surface area contributed by atoms with E-state index in [0.717, 1.165) is 49.1 Å². The van der Waals surface area contributed by atoms with Crippen LogP contribution in [-0.2, 0) is 13.6 Å². The van der Waals surface area contributed by atoms with Crippen molar-refractivity contribution in [2.24, 2.45) is 7.05 Å². The number of aliphatic hydroxyl groups excluding tert-OH is 1. The van der Waals surface area contributed by atoms with Crippen molar-refractivity contribution in [1.82, 2.24) is 29.6 Å². The second-order valence-electron chi connectivity index (χ2n) is 6.72. The van der Waals surface area contributed by atoms with E-state index >= 15 is 0 Å². The Hall–Kier alpha value is -2.06. The molecule has 3 rings (SSSR count). The summed E-state index contributed by atoms with van der Waals surface area (Å²) in [7, 11) is 4.02. The molecular weight excluding hydrogens is 318 g/mol. The predicted molar refractivity (Wildman–Crippen MR) is 95.4 cm³/mol. The van der Waals surface area contributed by atoms with Gasteiger partial charge in [-0.05, 0) is 26.8 Å². The van der Waals surface area contributed by atoms with Crippen molar-refractivity contribution in [2.45, 2.75) is 32.2 Å². The highest BCUT2D eigenvalue weighted by molar-refractivity contribution is 5.42. The van der Waals surface area contributed by atoms with Crippen LogP contribution in [0.5, 0.6) is 0 Å². The maximum atomic E-state index is 9.03. The van der Waals surface area contributed by atoms with Crippen LogP contribution in [0.25, 0.3) is 0 Å². The van der Waals surface area contributed by atoms with E-state index in [-0.39, 0.29) is 6.61 Å². The van der Waals surface area contributed by atoms with Crippen molar-refractivity contribution in [2.75, 3.05) is 38.2 Å². The van der Waals surface area contributed by atoms with E-state index in [2.05, 4.69) is 29.6 Å². The quantitative estimate of drug-likeness (QED) is 0.826. The fourth-order valence-electron chi connectivity index (χ4n) is 3.42. The van der Waals surface area contributed by atoms with Crippen LogP contribution in [-0.4, -0.2) is 68.0 Å². The maximum absolute atomic E-state index is 9.03. The average molecular weight is 345 g/mol. The highest BCUT2D eigenvalue weighted by Crippen LogP contribution is 2.29. The lowest BCUT2D eigenvalue weighted by Gasteiger charge is -2.32. The van der Waals surface area contributed by atoms with E-state index in [1.54, 1.807) is 12.4 Å². The molecule has 0 atom stereocenters. The van der Waals surface area contributed by atoms with Crippen LogP contribution in [0.4, 0.5) is 5.82 Å². The molecule has 1 saturated heterocycles. The molecule has 1 aliphatic heterocycles. The molecule has 3 heterocycles. The van der Waals surface area contributed by atoms with Crippen molar-refractivity contribution in [3.8, 4) is 0 Å². The molecule has 136 valence electrons. The molecule has 8 nitrogen and oxygen atoms in total. The summed E-state index contributed by atoms with van der Waals surface area (Å²) >= 11 is 0. The van der Waals surface area contributed by atoms with E-state index in [4.69, 9.17) is 5.11 Å². The van der Waals surface area contributed by atoms with Crippen molar-refractivity contribution in [1.29, 1.82) is 0 Å². The lowest BCUT2D eigenvalue weighted by atomic mass is 9.96. The molecular formula is C17H27N7O. The van der Waals surface area contributed by atoms with Crippen LogP contribution >= 0.6 is 0 Å². The normalized spacial score (nSPS) is 16.0. The Bertz CT molecular complexity index is 694. The van der Waals surface area contributed by atoms with Gasteiger partial charge >= 0.3 is 0 Å². The number of rotatable bonds is 6. The lowest BCUT2D eigenvalue weighted by Crippen LogP contribution is -2.34. The van der Waals surface area contributed by atoms with Crippen molar-refractivity contribution in [3.05, 3.63) is 29.7 Å². The van der Waals surface area contributed by atoms with Gasteiger partial charge in [-0.15, -0.1) is 10.2 Å². The van der Waals surface area contributed by atoms with E-state index in [0.29, 0.717) is 19.0 Å². The molecule has 1 aliphatic rings. The fourth-order valence-corrected chi connectivity index (χ4v) is 3.42. The molecule has 0 unspecified atom stereocenters. The maximum Gasteiger partial charge on any atom is 0.150 e. The third-order valence-corrected chi connectivity index (χ3v) is 4.91. The highest BCUT2D eigenvalue weighted by atomic mass is 16.3. The number of hydrogen-bond acceptors (Lipinski definition) is 7. The monoisotopic (exact) mass is 345 g/mol. The Morgan fingerprint density at radius 3 is 2.60 bits per heavy atom. The Kier molecular flexibility index (Phi) is 5.60. The average Bonchev–Trinajstić information content (AvgIpc) is 2.96. The number of likely N-dealkylation sites (N-methyl/N-ethyl adjacent to an activating group) is 1. The number of aliphatic hydroxyl groups is 1. The number of nitrogens with zero attached hydrogens (tertiary/aromatic N) is 7. The van der Waals surface area contributed by atoms with Crippen LogP contribution in [0.1, 0.15) is 36.1 Å². The first-order chi connectivity index (χ1) is 12.1. The molecule has 2 aromatic rings. The SMILES string of the molecule is Cc1nccnc1N1CCC(c2nnc(CN(C)CCO)n2C)CC1. The summed E-state index contributed by atoms with van der Waals surface area (Å²) in [4.78, 5) is 13.2. The van der Waals surface area contributed by atoms with Crippen LogP contribution < -0.4 is 4.90 Å². The van der Waals surface area contributed by atoms with Crippen LogP contribution in [0.3, 0.4) is 0 Å². The first kappa shape index (κ1) is 17.8. The second-order valence-corrected chi connectivity index (χ2v) is 6.72. The van der Waals surface area contributed by atoms with Crippen LogP contribution in [0, 0.1) is 6.92 Å². The van der Waals surface area contributed by atoms with Gasteiger partial charge in [0.2, 0.25) is 0 Å². The molecule has 0 aromatic carbocycles. The zero-order chi connectivity index (χ0) is 17.8. The summed E-state index contributed by atoms with van der Waals surface area (Å²) in [6.07, 6.45) is 5.57. The molecule has 0 amide bonds. The summed E-state index contributed by atoms with van der Waals surface area (Å²) in [5.41, 5.74) is 0.980. The molecule has 0 radical (unpaired) electrons. The molecule has 0 spiro atoms. The van der Waals surface area contributed by atoms with Gasteiger partial charge in [0, 0.05) is 45.0 Å². The van der Waals surface area contributed by atoms with Crippen molar-refractivity contribution in [3.63, 3.8) is 0 Å².